The van der Waals surface area contributed by atoms with E-state index in [0.29, 0.717) is 18.9 Å². The molecule has 0 saturated carbocycles. The third-order valence-electron chi connectivity index (χ3n) is 2.78. The van der Waals surface area contributed by atoms with E-state index in [2.05, 4.69) is 15.5 Å². The zero-order valence-electron chi connectivity index (χ0n) is 9.61. The van der Waals surface area contributed by atoms with Crippen molar-refractivity contribution in [2.24, 2.45) is 0 Å². The van der Waals surface area contributed by atoms with E-state index in [9.17, 15) is 13.2 Å². The minimum Gasteiger partial charge on any atom is -0.382 e. The van der Waals surface area contributed by atoms with Crippen LogP contribution in [0.25, 0.3) is 0 Å². The van der Waals surface area contributed by atoms with Crippen molar-refractivity contribution in [1.29, 1.82) is 0 Å². The van der Waals surface area contributed by atoms with Gasteiger partial charge in [0.25, 0.3) is 0 Å². The zero-order chi connectivity index (χ0) is 13.2. The summed E-state index contributed by atoms with van der Waals surface area (Å²) in [5, 5.41) is 10.5. The Morgan fingerprint density at radius 3 is 2.78 bits per heavy atom. The fourth-order valence-electron chi connectivity index (χ4n) is 2.00. The lowest BCUT2D eigenvalue weighted by molar-refractivity contribution is -0.138. The fourth-order valence-corrected chi connectivity index (χ4v) is 2.00. The van der Waals surface area contributed by atoms with Gasteiger partial charge in [0.1, 0.15) is 5.82 Å². The zero-order valence-corrected chi connectivity index (χ0v) is 9.61. The van der Waals surface area contributed by atoms with E-state index in [1.807, 2.05) is 0 Å². The molecule has 18 heavy (non-hydrogen) atoms. The van der Waals surface area contributed by atoms with Crippen LogP contribution in [-0.4, -0.2) is 42.0 Å². The van der Waals surface area contributed by atoms with Gasteiger partial charge in [-0.05, 0) is 12.1 Å². The number of anilines is 2. The topological polar surface area (TPSA) is 67.1 Å². The van der Waals surface area contributed by atoms with Crippen molar-refractivity contribution in [2.45, 2.75) is 18.6 Å². The summed E-state index contributed by atoms with van der Waals surface area (Å²) in [6.45, 7) is 1.38. The van der Waals surface area contributed by atoms with Crippen molar-refractivity contribution in [3.05, 3.63) is 12.1 Å². The van der Waals surface area contributed by atoms with Gasteiger partial charge in [0.15, 0.2) is 5.82 Å². The number of aromatic nitrogens is 2. The maximum Gasteiger partial charge on any atom is 0.391 e. The Hall–Kier alpha value is -1.57. The van der Waals surface area contributed by atoms with Crippen LogP contribution in [0, 0.1) is 0 Å². The first-order valence-electron chi connectivity index (χ1n) is 5.59. The van der Waals surface area contributed by atoms with E-state index in [1.165, 1.54) is 6.07 Å². The van der Waals surface area contributed by atoms with Crippen LogP contribution in [0.1, 0.15) is 6.42 Å². The second-order valence-corrected chi connectivity index (χ2v) is 4.19. The number of nitrogens with one attached hydrogen (secondary N) is 1. The van der Waals surface area contributed by atoms with Crippen LogP contribution < -0.4 is 16.0 Å². The van der Waals surface area contributed by atoms with Crippen molar-refractivity contribution < 1.29 is 13.2 Å². The lowest BCUT2D eigenvalue weighted by atomic mass is 10.1. The molecule has 8 heteroatoms. The predicted molar refractivity (Wildman–Crippen MR) is 61.1 cm³/mol. The molecule has 0 spiro atoms. The smallest absolute Gasteiger partial charge is 0.382 e. The monoisotopic (exact) mass is 261 g/mol. The van der Waals surface area contributed by atoms with Crippen LogP contribution in [0.15, 0.2) is 12.1 Å². The number of halogens is 3. The molecular weight excluding hydrogens is 247 g/mol. The van der Waals surface area contributed by atoms with Gasteiger partial charge in [-0.25, -0.2) is 0 Å². The molecule has 1 unspecified atom stereocenters. The maximum atomic E-state index is 12.5. The highest BCUT2D eigenvalue weighted by Crippen LogP contribution is 2.26. The van der Waals surface area contributed by atoms with Crippen LogP contribution in [0.4, 0.5) is 24.8 Å². The lowest BCUT2D eigenvalue weighted by Crippen LogP contribution is -2.53. The molecule has 1 aliphatic rings. The average molecular weight is 261 g/mol. The lowest BCUT2D eigenvalue weighted by Gasteiger charge is -2.37. The molecule has 1 fully saturated rings. The summed E-state index contributed by atoms with van der Waals surface area (Å²) in [4.78, 5) is 1.62. The van der Waals surface area contributed by atoms with E-state index < -0.39 is 18.6 Å². The summed E-state index contributed by atoms with van der Waals surface area (Å²) >= 11 is 0. The Labute approximate surface area is 102 Å². The first kappa shape index (κ1) is 12.9. The molecule has 2 rings (SSSR count). The number of alkyl halides is 3. The summed E-state index contributed by atoms with van der Waals surface area (Å²) in [6.07, 6.45) is -5.06. The fraction of sp³-hybridized carbons (Fsp3) is 0.600. The van der Waals surface area contributed by atoms with Crippen molar-refractivity contribution >= 4 is 11.6 Å². The second kappa shape index (κ2) is 4.97. The Bertz CT molecular complexity index is 391. The Morgan fingerprint density at radius 2 is 2.17 bits per heavy atom. The van der Waals surface area contributed by atoms with Gasteiger partial charge >= 0.3 is 6.18 Å². The molecule has 0 radical (unpaired) electrons. The maximum absolute atomic E-state index is 12.5. The molecular formula is C10H14F3N5. The number of hydrogen-bond donors (Lipinski definition) is 2. The van der Waals surface area contributed by atoms with E-state index in [0.717, 1.165) is 0 Å². The van der Waals surface area contributed by atoms with Gasteiger partial charge in [-0.15, -0.1) is 10.2 Å². The minimum absolute atomic E-state index is 0.251. The molecule has 1 aromatic heterocycles. The molecule has 5 nitrogen and oxygen atoms in total. The van der Waals surface area contributed by atoms with Crippen molar-refractivity contribution in [1.82, 2.24) is 15.5 Å². The average Bonchev–Trinajstić information content (AvgIpc) is 2.29. The summed E-state index contributed by atoms with van der Waals surface area (Å²) in [6, 6.07) is 2.48. The summed E-state index contributed by atoms with van der Waals surface area (Å²) in [5.74, 6) is 0.682. The number of nitrogens with two attached hydrogens (primary N) is 1. The first-order chi connectivity index (χ1) is 8.46. The number of hydrogen-bond acceptors (Lipinski definition) is 5. The van der Waals surface area contributed by atoms with Crippen LogP contribution in [0.5, 0.6) is 0 Å². The van der Waals surface area contributed by atoms with E-state index in [-0.39, 0.29) is 12.4 Å². The Morgan fingerprint density at radius 1 is 1.39 bits per heavy atom. The van der Waals surface area contributed by atoms with Crippen LogP contribution >= 0.6 is 0 Å². The van der Waals surface area contributed by atoms with Crippen LogP contribution in [0.3, 0.4) is 0 Å². The largest absolute Gasteiger partial charge is 0.391 e. The predicted octanol–water partition coefficient (Wildman–Crippen LogP) is 0.789. The Balaban J connectivity index is 2.14. The van der Waals surface area contributed by atoms with Crippen LogP contribution in [0.2, 0.25) is 0 Å². The number of nitrogens with zero attached hydrogens (tertiary/aromatic N) is 3. The normalized spacial score (nSPS) is 21.1. The molecule has 0 bridgehead atoms. The van der Waals surface area contributed by atoms with Crippen molar-refractivity contribution in [2.75, 3.05) is 30.3 Å². The van der Waals surface area contributed by atoms with Gasteiger partial charge in [-0.3, -0.25) is 0 Å². The van der Waals surface area contributed by atoms with Crippen LogP contribution in [-0.2, 0) is 0 Å². The molecule has 0 aliphatic carbocycles. The molecule has 100 valence electrons. The molecule has 0 aromatic carbocycles. The standard InChI is InChI=1S/C10H14F3N5/c11-10(12,13)5-7-6-15-3-4-18(7)9-2-1-8(14)16-17-9/h1-2,7,15H,3-6H2,(H2,14,16). The summed E-state index contributed by atoms with van der Waals surface area (Å²) in [7, 11) is 0. The summed E-state index contributed by atoms with van der Waals surface area (Å²) < 4.78 is 37.4. The summed E-state index contributed by atoms with van der Waals surface area (Å²) in [5.41, 5.74) is 5.41. The number of nitrogen functional groups attached to an aromatic ring is 1. The SMILES string of the molecule is Nc1ccc(N2CCNCC2CC(F)(F)F)nn1. The van der Waals surface area contributed by atoms with Gasteiger partial charge in [0.2, 0.25) is 0 Å². The highest BCUT2D eigenvalue weighted by Gasteiger charge is 2.36. The van der Waals surface area contributed by atoms with Gasteiger partial charge in [-0.1, -0.05) is 0 Å². The molecule has 1 atom stereocenters. The molecule has 2 heterocycles. The second-order valence-electron chi connectivity index (χ2n) is 4.19. The number of rotatable bonds is 2. The third kappa shape index (κ3) is 3.22. The van der Waals surface area contributed by atoms with Gasteiger partial charge in [0.05, 0.1) is 12.5 Å². The van der Waals surface area contributed by atoms with Gasteiger partial charge < -0.3 is 16.0 Å². The highest BCUT2D eigenvalue weighted by molar-refractivity contribution is 5.43. The highest BCUT2D eigenvalue weighted by atomic mass is 19.4. The van der Waals surface area contributed by atoms with E-state index >= 15 is 0 Å². The van der Waals surface area contributed by atoms with E-state index in [1.54, 1.807) is 11.0 Å². The first-order valence-corrected chi connectivity index (χ1v) is 5.59. The van der Waals surface area contributed by atoms with Gasteiger partial charge in [0, 0.05) is 19.6 Å². The Kier molecular flexibility index (Phi) is 3.55. The van der Waals surface area contributed by atoms with Crippen molar-refractivity contribution in [3.8, 4) is 0 Å². The molecule has 1 saturated heterocycles. The minimum atomic E-state index is -4.19. The van der Waals surface area contributed by atoms with Crippen molar-refractivity contribution in [3.63, 3.8) is 0 Å². The quantitative estimate of drug-likeness (QED) is 0.824. The number of piperazine rings is 1. The third-order valence-corrected chi connectivity index (χ3v) is 2.78. The van der Waals surface area contributed by atoms with Gasteiger partial charge in [-0.2, -0.15) is 13.2 Å². The molecule has 3 N–H and O–H groups in total. The molecule has 1 aliphatic heterocycles. The van der Waals surface area contributed by atoms with E-state index in [4.69, 9.17) is 5.73 Å². The molecule has 1 aromatic rings. The molecule has 0 amide bonds.